The van der Waals surface area contributed by atoms with Gasteiger partial charge in [0.15, 0.2) is 0 Å². The Bertz CT molecular complexity index is 1010. The lowest BCUT2D eigenvalue weighted by Crippen LogP contribution is -2.26. The first-order valence-electron chi connectivity index (χ1n) is 10.7. The van der Waals surface area contributed by atoms with E-state index >= 15 is 0 Å². The van der Waals surface area contributed by atoms with Crippen LogP contribution >= 0.6 is 0 Å². The van der Waals surface area contributed by atoms with Gasteiger partial charge >= 0.3 is 0 Å². The van der Waals surface area contributed by atoms with Gasteiger partial charge in [0, 0.05) is 24.9 Å². The number of hydrogen-bond acceptors (Lipinski definition) is 3. The fourth-order valence-corrected chi connectivity index (χ4v) is 3.36. The van der Waals surface area contributed by atoms with Gasteiger partial charge in [0.25, 0.3) is 0 Å². The number of hydrogen-bond donors (Lipinski definition) is 2. The number of aryl methyl sites for hydroxylation is 1. The summed E-state index contributed by atoms with van der Waals surface area (Å²) in [5.41, 5.74) is 3.52. The molecule has 1 aromatic heterocycles. The van der Waals surface area contributed by atoms with Crippen LogP contribution in [0.5, 0.6) is 0 Å². The standard InChI is InChI=1S/C25H30N4O2/c1-18(2)16-17-26-22(30)14-15-23(31)27-25-24(20-10-6-4-7-11-20)19(3)28-29(25)21-12-8-5-9-13-21/h4-13,18H,14-17H2,1-3H3,(H,26,30)(H,27,31). The molecule has 6 nitrogen and oxygen atoms in total. The number of carbonyl (C=O) groups is 2. The quantitative estimate of drug-likeness (QED) is 0.527. The summed E-state index contributed by atoms with van der Waals surface area (Å²) < 4.78 is 1.75. The average Bonchev–Trinajstić information content (AvgIpc) is 3.09. The molecule has 1 heterocycles. The van der Waals surface area contributed by atoms with Gasteiger partial charge in [-0.25, -0.2) is 4.68 Å². The molecule has 31 heavy (non-hydrogen) atoms. The predicted molar refractivity (Wildman–Crippen MR) is 124 cm³/mol. The van der Waals surface area contributed by atoms with Gasteiger partial charge in [-0.05, 0) is 37.0 Å². The topological polar surface area (TPSA) is 76.0 Å². The average molecular weight is 419 g/mol. The van der Waals surface area contributed by atoms with Gasteiger partial charge in [0.2, 0.25) is 11.8 Å². The highest BCUT2D eigenvalue weighted by molar-refractivity contribution is 5.96. The Balaban J connectivity index is 1.79. The number of rotatable bonds is 9. The molecule has 0 aliphatic heterocycles. The summed E-state index contributed by atoms with van der Waals surface area (Å²) in [5, 5.41) is 10.6. The number of benzene rings is 2. The van der Waals surface area contributed by atoms with Crippen molar-refractivity contribution in [1.82, 2.24) is 15.1 Å². The molecule has 0 aliphatic rings. The first kappa shape index (κ1) is 22.3. The number of carbonyl (C=O) groups excluding carboxylic acids is 2. The molecule has 0 fully saturated rings. The lowest BCUT2D eigenvalue weighted by Gasteiger charge is -2.12. The van der Waals surface area contributed by atoms with Crippen LogP contribution in [0.3, 0.4) is 0 Å². The smallest absolute Gasteiger partial charge is 0.226 e. The third-order valence-electron chi connectivity index (χ3n) is 5.00. The van der Waals surface area contributed by atoms with Crippen molar-refractivity contribution in [2.75, 3.05) is 11.9 Å². The largest absolute Gasteiger partial charge is 0.356 e. The molecule has 3 aromatic rings. The summed E-state index contributed by atoms with van der Waals surface area (Å²) in [6.45, 7) is 6.79. The monoisotopic (exact) mass is 418 g/mol. The van der Waals surface area contributed by atoms with Crippen molar-refractivity contribution in [2.24, 2.45) is 5.92 Å². The van der Waals surface area contributed by atoms with Gasteiger partial charge in [-0.2, -0.15) is 5.10 Å². The Labute approximate surface area is 183 Å². The fourth-order valence-electron chi connectivity index (χ4n) is 3.36. The van der Waals surface area contributed by atoms with Crippen LogP contribution in [0.1, 0.15) is 38.8 Å². The van der Waals surface area contributed by atoms with E-state index in [1.807, 2.05) is 67.6 Å². The molecule has 2 amide bonds. The maximum absolute atomic E-state index is 12.7. The summed E-state index contributed by atoms with van der Waals surface area (Å²) >= 11 is 0. The molecule has 0 radical (unpaired) electrons. The maximum Gasteiger partial charge on any atom is 0.226 e. The summed E-state index contributed by atoms with van der Waals surface area (Å²) in [4.78, 5) is 24.8. The lowest BCUT2D eigenvalue weighted by molar-refractivity contribution is -0.124. The van der Waals surface area contributed by atoms with Crippen LogP contribution in [-0.4, -0.2) is 28.1 Å². The molecule has 0 saturated heterocycles. The molecule has 162 valence electrons. The molecular weight excluding hydrogens is 388 g/mol. The zero-order chi connectivity index (χ0) is 22.2. The van der Waals surface area contributed by atoms with E-state index in [0.29, 0.717) is 18.3 Å². The van der Waals surface area contributed by atoms with E-state index in [-0.39, 0.29) is 24.7 Å². The van der Waals surface area contributed by atoms with E-state index in [1.165, 1.54) is 0 Å². The van der Waals surface area contributed by atoms with E-state index in [4.69, 9.17) is 0 Å². The van der Waals surface area contributed by atoms with Crippen molar-refractivity contribution in [3.05, 3.63) is 66.4 Å². The molecule has 0 atom stereocenters. The maximum atomic E-state index is 12.7. The minimum Gasteiger partial charge on any atom is -0.356 e. The molecule has 0 aliphatic carbocycles. The third-order valence-corrected chi connectivity index (χ3v) is 5.00. The summed E-state index contributed by atoms with van der Waals surface area (Å²) in [6.07, 6.45) is 1.19. The van der Waals surface area contributed by atoms with Gasteiger partial charge in [0.1, 0.15) is 5.82 Å². The molecule has 0 bridgehead atoms. The zero-order valence-corrected chi connectivity index (χ0v) is 18.4. The van der Waals surface area contributed by atoms with E-state index < -0.39 is 0 Å². The van der Waals surface area contributed by atoms with Crippen LogP contribution in [0.25, 0.3) is 16.8 Å². The highest BCUT2D eigenvalue weighted by atomic mass is 16.2. The number of nitrogens with one attached hydrogen (secondary N) is 2. The number of aromatic nitrogens is 2. The summed E-state index contributed by atoms with van der Waals surface area (Å²) in [5.74, 6) is 0.821. The molecule has 2 aromatic carbocycles. The van der Waals surface area contributed by atoms with Crippen LogP contribution in [0.2, 0.25) is 0 Å². The molecule has 6 heteroatoms. The van der Waals surface area contributed by atoms with Gasteiger partial charge in [-0.15, -0.1) is 0 Å². The van der Waals surface area contributed by atoms with Crippen molar-refractivity contribution < 1.29 is 9.59 Å². The first-order chi connectivity index (χ1) is 15.0. The summed E-state index contributed by atoms with van der Waals surface area (Å²) in [6, 6.07) is 19.6. The molecular formula is C25H30N4O2. The van der Waals surface area contributed by atoms with Crippen LogP contribution < -0.4 is 10.6 Å². The van der Waals surface area contributed by atoms with Gasteiger partial charge < -0.3 is 10.6 Å². The second-order valence-corrected chi connectivity index (χ2v) is 8.00. The second-order valence-electron chi connectivity index (χ2n) is 8.00. The summed E-state index contributed by atoms with van der Waals surface area (Å²) in [7, 11) is 0. The molecule has 0 unspecified atom stereocenters. The van der Waals surface area contributed by atoms with E-state index in [9.17, 15) is 9.59 Å². The number of anilines is 1. The Morgan fingerprint density at radius 2 is 1.55 bits per heavy atom. The van der Waals surface area contributed by atoms with Crippen LogP contribution in [-0.2, 0) is 9.59 Å². The highest BCUT2D eigenvalue weighted by Gasteiger charge is 2.20. The Morgan fingerprint density at radius 3 is 2.19 bits per heavy atom. The van der Waals surface area contributed by atoms with Crippen LogP contribution in [0.4, 0.5) is 5.82 Å². The normalized spacial score (nSPS) is 10.8. The third kappa shape index (κ3) is 6.04. The fraction of sp³-hybridized carbons (Fsp3) is 0.320. The SMILES string of the molecule is Cc1nn(-c2ccccc2)c(NC(=O)CCC(=O)NCCC(C)C)c1-c1ccccc1. The van der Waals surface area contributed by atoms with E-state index in [2.05, 4.69) is 29.6 Å². The van der Waals surface area contributed by atoms with Crippen molar-refractivity contribution >= 4 is 17.6 Å². The van der Waals surface area contributed by atoms with E-state index in [0.717, 1.165) is 28.9 Å². The molecule has 3 rings (SSSR count). The second kappa shape index (κ2) is 10.6. The van der Waals surface area contributed by atoms with E-state index in [1.54, 1.807) is 4.68 Å². The molecule has 0 saturated carbocycles. The number of nitrogens with zero attached hydrogens (tertiary/aromatic N) is 2. The van der Waals surface area contributed by atoms with Gasteiger partial charge in [0.05, 0.1) is 11.4 Å². The Kier molecular flexibility index (Phi) is 7.60. The van der Waals surface area contributed by atoms with Crippen molar-refractivity contribution in [2.45, 2.75) is 40.0 Å². The van der Waals surface area contributed by atoms with Gasteiger partial charge in [-0.1, -0.05) is 62.4 Å². The minimum atomic E-state index is -0.215. The minimum absolute atomic E-state index is 0.105. The Hall–Kier alpha value is -3.41. The lowest BCUT2D eigenvalue weighted by atomic mass is 10.1. The predicted octanol–water partition coefficient (Wildman–Crippen LogP) is 4.73. The van der Waals surface area contributed by atoms with Crippen LogP contribution in [0, 0.1) is 12.8 Å². The number of para-hydroxylation sites is 1. The number of amides is 2. The van der Waals surface area contributed by atoms with Crippen molar-refractivity contribution in [3.63, 3.8) is 0 Å². The zero-order valence-electron chi connectivity index (χ0n) is 18.4. The van der Waals surface area contributed by atoms with Gasteiger partial charge in [-0.3, -0.25) is 9.59 Å². The van der Waals surface area contributed by atoms with Crippen molar-refractivity contribution in [3.8, 4) is 16.8 Å². The molecule has 0 spiro atoms. The van der Waals surface area contributed by atoms with Crippen LogP contribution in [0.15, 0.2) is 60.7 Å². The van der Waals surface area contributed by atoms with Crippen molar-refractivity contribution in [1.29, 1.82) is 0 Å². The highest BCUT2D eigenvalue weighted by Crippen LogP contribution is 2.33. The first-order valence-corrected chi connectivity index (χ1v) is 10.7. The molecule has 2 N–H and O–H groups in total. The Morgan fingerprint density at radius 1 is 0.935 bits per heavy atom.